The van der Waals surface area contributed by atoms with Crippen LogP contribution in [0.15, 0.2) is 45.9 Å². The van der Waals surface area contributed by atoms with E-state index in [2.05, 4.69) is 10.3 Å². The Bertz CT molecular complexity index is 1130. The predicted molar refractivity (Wildman–Crippen MR) is 106 cm³/mol. The van der Waals surface area contributed by atoms with Gasteiger partial charge in [0, 0.05) is 17.8 Å². The van der Waals surface area contributed by atoms with Crippen LogP contribution in [0.4, 0.5) is 5.13 Å². The molecule has 1 aromatic carbocycles. The molecule has 0 saturated heterocycles. The smallest absolute Gasteiger partial charge is 0.293 e. The van der Waals surface area contributed by atoms with Crippen molar-refractivity contribution in [2.75, 3.05) is 11.9 Å². The monoisotopic (exact) mass is 417 g/mol. The normalized spacial score (nSPS) is 14.6. The maximum absolute atomic E-state index is 13.1. The minimum absolute atomic E-state index is 0.201. The van der Waals surface area contributed by atoms with Gasteiger partial charge in [-0.3, -0.25) is 10.1 Å². The van der Waals surface area contributed by atoms with Crippen LogP contribution in [0, 0.1) is 13.8 Å². The van der Waals surface area contributed by atoms with E-state index in [9.17, 15) is 13.2 Å². The summed E-state index contributed by atoms with van der Waals surface area (Å²) in [6, 6.07) is 8.65. The summed E-state index contributed by atoms with van der Waals surface area (Å²) in [6.45, 7) is 4.29. The van der Waals surface area contributed by atoms with E-state index >= 15 is 0 Å². The lowest BCUT2D eigenvalue weighted by atomic mass is 10.2. The lowest BCUT2D eigenvalue weighted by Crippen LogP contribution is -2.35. The number of carbonyl (C=O) groups excluding carboxylic acids is 1. The molecule has 0 spiro atoms. The Morgan fingerprint density at radius 3 is 2.86 bits per heavy atom. The largest absolute Gasteiger partial charge is 0.459 e. The van der Waals surface area contributed by atoms with Gasteiger partial charge in [0.2, 0.25) is 10.0 Å². The van der Waals surface area contributed by atoms with Crippen molar-refractivity contribution < 1.29 is 17.6 Å². The molecule has 0 bridgehead atoms. The second-order valence-electron chi connectivity index (χ2n) is 6.68. The van der Waals surface area contributed by atoms with Crippen LogP contribution >= 0.6 is 11.3 Å². The maximum atomic E-state index is 13.1. The number of aromatic nitrogens is 1. The average Bonchev–Trinajstić information content (AvgIpc) is 3.32. The highest BCUT2D eigenvalue weighted by Gasteiger charge is 2.31. The fraction of sp³-hybridized carbons (Fsp3) is 0.263. The van der Waals surface area contributed by atoms with Crippen LogP contribution in [-0.2, 0) is 23.0 Å². The van der Waals surface area contributed by atoms with Crippen molar-refractivity contribution in [3.05, 3.63) is 64.1 Å². The first kappa shape index (κ1) is 18.9. The van der Waals surface area contributed by atoms with Crippen molar-refractivity contribution >= 4 is 32.4 Å². The Morgan fingerprint density at radius 1 is 1.29 bits per heavy atom. The Morgan fingerprint density at radius 2 is 2.11 bits per heavy atom. The number of fused-ring (bicyclic) bond motifs is 1. The van der Waals surface area contributed by atoms with Crippen LogP contribution in [0.25, 0.3) is 0 Å². The van der Waals surface area contributed by atoms with E-state index < -0.39 is 10.0 Å². The molecule has 7 nitrogen and oxygen atoms in total. The average molecular weight is 418 g/mol. The number of anilines is 1. The van der Waals surface area contributed by atoms with Gasteiger partial charge in [-0.2, -0.15) is 4.31 Å². The van der Waals surface area contributed by atoms with E-state index in [1.807, 2.05) is 19.1 Å². The minimum atomic E-state index is -3.60. The molecular weight excluding hydrogens is 398 g/mol. The molecule has 1 amide bonds. The Labute approximate surface area is 167 Å². The molecule has 4 rings (SSSR count). The molecule has 3 aromatic rings. The van der Waals surface area contributed by atoms with Crippen molar-refractivity contribution in [2.24, 2.45) is 0 Å². The van der Waals surface area contributed by atoms with Crippen molar-refractivity contribution in [1.29, 1.82) is 0 Å². The van der Waals surface area contributed by atoms with Gasteiger partial charge in [-0.15, -0.1) is 11.3 Å². The molecule has 1 aliphatic heterocycles. The van der Waals surface area contributed by atoms with Crippen LogP contribution in [0.2, 0.25) is 0 Å². The van der Waals surface area contributed by atoms with E-state index in [4.69, 9.17) is 4.42 Å². The van der Waals surface area contributed by atoms with Crippen molar-refractivity contribution in [1.82, 2.24) is 9.29 Å². The topological polar surface area (TPSA) is 92.5 Å². The maximum Gasteiger partial charge on any atom is 0.293 e. The first-order valence-corrected chi connectivity index (χ1v) is 11.0. The zero-order chi connectivity index (χ0) is 19.9. The van der Waals surface area contributed by atoms with Gasteiger partial charge in [0.1, 0.15) is 0 Å². The summed E-state index contributed by atoms with van der Waals surface area (Å²) in [5.74, 6) is -0.178. The fourth-order valence-corrected chi connectivity index (χ4v) is 5.94. The third kappa shape index (κ3) is 3.48. The van der Waals surface area contributed by atoms with E-state index in [0.717, 1.165) is 21.7 Å². The molecule has 0 fully saturated rings. The molecule has 146 valence electrons. The zero-order valence-corrected chi connectivity index (χ0v) is 17.1. The zero-order valence-electron chi connectivity index (χ0n) is 15.4. The summed E-state index contributed by atoms with van der Waals surface area (Å²) in [5, 5.41) is 3.15. The fourth-order valence-electron chi connectivity index (χ4n) is 3.12. The second-order valence-corrected chi connectivity index (χ2v) is 9.67. The SMILES string of the molecule is Cc1ccc(C)c(S(=O)(=O)N2CCc3nc(NC(=O)c4ccco4)sc3C2)c1. The number of rotatable bonds is 4. The minimum Gasteiger partial charge on any atom is -0.459 e. The molecule has 0 aliphatic carbocycles. The van der Waals surface area contributed by atoms with Gasteiger partial charge in [-0.1, -0.05) is 12.1 Å². The number of nitrogens with one attached hydrogen (secondary N) is 1. The van der Waals surface area contributed by atoms with Crippen molar-refractivity contribution in [3.63, 3.8) is 0 Å². The lowest BCUT2D eigenvalue weighted by Gasteiger charge is -2.26. The van der Waals surface area contributed by atoms with Crippen LogP contribution in [0.3, 0.4) is 0 Å². The summed E-state index contributed by atoms with van der Waals surface area (Å²) >= 11 is 1.29. The quantitative estimate of drug-likeness (QED) is 0.703. The molecule has 0 saturated carbocycles. The van der Waals surface area contributed by atoms with Crippen molar-refractivity contribution in [3.8, 4) is 0 Å². The Hall–Kier alpha value is -2.49. The van der Waals surface area contributed by atoms with Gasteiger partial charge >= 0.3 is 0 Å². The van der Waals surface area contributed by atoms with E-state index in [0.29, 0.717) is 23.0 Å². The summed E-state index contributed by atoms with van der Waals surface area (Å²) in [6.07, 6.45) is 1.93. The Kier molecular flexibility index (Phi) is 4.82. The molecule has 0 unspecified atom stereocenters. The molecule has 9 heteroatoms. The summed E-state index contributed by atoms with van der Waals surface area (Å²) < 4.78 is 32.8. The summed E-state index contributed by atoms with van der Waals surface area (Å²) in [4.78, 5) is 17.7. The highest BCUT2D eigenvalue weighted by molar-refractivity contribution is 7.89. The van der Waals surface area contributed by atoms with Gasteiger partial charge in [-0.25, -0.2) is 13.4 Å². The molecule has 2 aromatic heterocycles. The Balaban J connectivity index is 1.56. The summed E-state index contributed by atoms with van der Waals surface area (Å²) in [5.41, 5.74) is 2.46. The number of hydrogen-bond acceptors (Lipinski definition) is 6. The van der Waals surface area contributed by atoms with Crippen LogP contribution in [0.1, 0.15) is 32.3 Å². The third-order valence-corrected chi connectivity index (χ3v) is 7.61. The number of amides is 1. The first-order chi connectivity index (χ1) is 13.3. The molecule has 0 radical (unpaired) electrons. The molecule has 1 aliphatic rings. The number of furan rings is 1. The molecule has 1 N–H and O–H groups in total. The summed E-state index contributed by atoms with van der Waals surface area (Å²) in [7, 11) is -3.60. The lowest BCUT2D eigenvalue weighted by molar-refractivity contribution is 0.0996. The van der Waals surface area contributed by atoms with E-state index in [-0.39, 0.29) is 18.2 Å². The van der Waals surface area contributed by atoms with Crippen LogP contribution in [0.5, 0.6) is 0 Å². The molecule has 28 heavy (non-hydrogen) atoms. The standard InChI is InChI=1S/C19H19N3O4S2/c1-12-5-6-13(2)17(10-12)28(24,25)22-8-7-14-16(11-22)27-19(20-14)21-18(23)15-4-3-9-26-15/h3-6,9-10H,7-8,11H2,1-2H3,(H,20,21,23). The third-order valence-electron chi connectivity index (χ3n) is 4.62. The number of thiazole rings is 1. The van der Waals surface area contributed by atoms with Crippen LogP contribution < -0.4 is 5.32 Å². The molecular formula is C19H19N3O4S2. The molecule has 3 heterocycles. The number of nitrogens with zero attached hydrogens (tertiary/aromatic N) is 2. The van der Waals surface area contributed by atoms with Gasteiger partial charge in [-0.05, 0) is 43.2 Å². The van der Waals surface area contributed by atoms with Gasteiger partial charge in [0.25, 0.3) is 5.91 Å². The number of benzene rings is 1. The number of sulfonamides is 1. The molecule has 0 atom stereocenters. The van der Waals surface area contributed by atoms with Gasteiger partial charge in [0.05, 0.1) is 23.4 Å². The number of carbonyl (C=O) groups is 1. The van der Waals surface area contributed by atoms with E-state index in [1.165, 1.54) is 21.9 Å². The highest BCUT2D eigenvalue weighted by atomic mass is 32.2. The van der Waals surface area contributed by atoms with Gasteiger partial charge in [0.15, 0.2) is 10.9 Å². The van der Waals surface area contributed by atoms with Crippen LogP contribution in [-0.4, -0.2) is 30.2 Å². The highest BCUT2D eigenvalue weighted by Crippen LogP contribution is 2.32. The number of aryl methyl sites for hydroxylation is 2. The van der Waals surface area contributed by atoms with Gasteiger partial charge < -0.3 is 4.42 Å². The number of hydrogen-bond donors (Lipinski definition) is 1. The van der Waals surface area contributed by atoms with Crippen molar-refractivity contribution in [2.45, 2.75) is 31.7 Å². The van der Waals surface area contributed by atoms with E-state index in [1.54, 1.807) is 25.1 Å². The second kappa shape index (κ2) is 7.16. The predicted octanol–water partition coefficient (Wildman–Crippen LogP) is 3.35. The first-order valence-electron chi connectivity index (χ1n) is 8.75.